The van der Waals surface area contributed by atoms with Crippen LogP contribution in [0.4, 0.5) is 5.69 Å². The highest BCUT2D eigenvalue weighted by Crippen LogP contribution is 2.08. The standard InChI is InChI=1S/C16H26N2O/c19-15-11-6-4-2-1-3-5-10-14-17-18-16-12-8-7-9-13-16/h7-9,12-14,18-19H,1-6,10-11,15H2. The first kappa shape index (κ1) is 15.7. The lowest BCUT2D eigenvalue weighted by atomic mass is 10.1. The number of benzene rings is 1. The van der Waals surface area contributed by atoms with E-state index in [4.69, 9.17) is 5.11 Å². The first-order valence-corrected chi connectivity index (χ1v) is 7.37. The van der Waals surface area contributed by atoms with Gasteiger partial charge in [-0.25, -0.2) is 0 Å². The van der Waals surface area contributed by atoms with Crippen molar-refractivity contribution in [1.82, 2.24) is 0 Å². The Morgan fingerprint density at radius 1 is 0.895 bits per heavy atom. The monoisotopic (exact) mass is 262 g/mol. The molecule has 3 nitrogen and oxygen atoms in total. The van der Waals surface area contributed by atoms with Crippen molar-refractivity contribution in [2.75, 3.05) is 12.0 Å². The van der Waals surface area contributed by atoms with E-state index in [0.717, 1.165) is 18.5 Å². The fourth-order valence-electron chi connectivity index (χ4n) is 1.93. The molecule has 3 heteroatoms. The third kappa shape index (κ3) is 9.25. The van der Waals surface area contributed by atoms with Crippen molar-refractivity contribution in [3.63, 3.8) is 0 Å². The number of aliphatic hydroxyl groups excluding tert-OH is 1. The third-order valence-electron chi connectivity index (χ3n) is 3.05. The van der Waals surface area contributed by atoms with Gasteiger partial charge in [0.2, 0.25) is 0 Å². The van der Waals surface area contributed by atoms with Crippen LogP contribution < -0.4 is 5.43 Å². The van der Waals surface area contributed by atoms with Crippen LogP contribution in [0.3, 0.4) is 0 Å². The maximum Gasteiger partial charge on any atom is 0.0561 e. The van der Waals surface area contributed by atoms with E-state index < -0.39 is 0 Å². The largest absolute Gasteiger partial charge is 0.396 e. The Bertz CT molecular complexity index is 325. The van der Waals surface area contributed by atoms with E-state index in [1.807, 2.05) is 36.5 Å². The summed E-state index contributed by atoms with van der Waals surface area (Å²) in [4.78, 5) is 0. The van der Waals surface area contributed by atoms with Crippen LogP contribution in [0.2, 0.25) is 0 Å². The summed E-state index contributed by atoms with van der Waals surface area (Å²) in [7, 11) is 0. The lowest BCUT2D eigenvalue weighted by Crippen LogP contribution is -1.89. The SMILES string of the molecule is OCCCCCCCCCC=NNc1ccccc1. The van der Waals surface area contributed by atoms with Gasteiger partial charge in [0, 0.05) is 12.8 Å². The van der Waals surface area contributed by atoms with Gasteiger partial charge in [-0.2, -0.15) is 5.10 Å². The second kappa shape index (κ2) is 11.7. The fourth-order valence-corrected chi connectivity index (χ4v) is 1.93. The predicted octanol–water partition coefficient (Wildman–Crippen LogP) is 4.20. The minimum Gasteiger partial charge on any atom is -0.396 e. The zero-order valence-electron chi connectivity index (χ0n) is 11.7. The van der Waals surface area contributed by atoms with Crippen LogP contribution in [0.5, 0.6) is 0 Å². The summed E-state index contributed by atoms with van der Waals surface area (Å²) in [6.45, 7) is 0.338. The molecule has 0 heterocycles. The first-order valence-electron chi connectivity index (χ1n) is 7.37. The van der Waals surface area contributed by atoms with Crippen molar-refractivity contribution < 1.29 is 5.11 Å². The van der Waals surface area contributed by atoms with Gasteiger partial charge in [0.25, 0.3) is 0 Å². The number of nitrogens with one attached hydrogen (secondary N) is 1. The Morgan fingerprint density at radius 3 is 2.21 bits per heavy atom. The summed E-state index contributed by atoms with van der Waals surface area (Å²) in [5.41, 5.74) is 4.05. The maximum absolute atomic E-state index is 8.65. The number of rotatable bonds is 11. The van der Waals surface area contributed by atoms with Crippen molar-refractivity contribution >= 4 is 11.9 Å². The van der Waals surface area contributed by atoms with Gasteiger partial charge in [-0.1, -0.05) is 50.3 Å². The van der Waals surface area contributed by atoms with Gasteiger partial charge in [0.15, 0.2) is 0 Å². The van der Waals surface area contributed by atoms with Gasteiger partial charge >= 0.3 is 0 Å². The number of unbranched alkanes of at least 4 members (excludes halogenated alkanes) is 7. The molecule has 2 N–H and O–H groups in total. The quantitative estimate of drug-likeness (QED) is 0.357. The average molecular weight is 262 g/mol. The van der Waals surface area contributed by atoms with Crippen LogP contribution in [-0.4, -0.2) is 17.9 Å². The number of anilines is 1. The molecule has 0 amide bonds. The number of para-hydroxylation sites is 1. The summed E-state index contributed by atoms with van der Waals surface area (Å²) >= 11 is 0. The molecule has 0 aliphatic rings. The minimum absolute atomic E-state index is 0.338. The molecule has 0 saturated carbocycles. The minimum atomic E-state index is 0.338. The van der Waals surface area contributed by atoms with E-state index in [2.05, 4.69) is 10.5 Å². The number of aliphatic hydroxyl groups is 1. The molecule has 0 aliphatic carbocycles. The number of hydrogen-bond acceptors (Lipinski definition) is 3. The molecular formula is C16H26N2O. The van der Waals surface area contributed by atoms with Crippen LogP contribution >= 0.6 is 0 Å². The first-order chi connectivity index (χ1) is 9.43. The van der Waals surface area contributed by atoms with Gasteiger partial charge in [-0.3, -0.25) is 5.43 Å². The highest BCUT2D eigenvalue weighted by Gasteiger charge is 1.91. The number of nitrogens with zero attached hydrogens (tertiary/aromatic N) is 1. The average Bonchev–Trinajstić information content (AvgIpc) is 2.46. The van der Waals surface area contributed by atoms with E-state index >= 15 is 0 Å². The van der Waals surface area contributed by atoms with Gasteiger partial charge < -0.3 is 5.11 Å². The Balaban J connectivity index is 1.88. The molecule has 19 heavy (non-hydrogen) atoms. The molecule has 106 valence electrons. The van der Waals surface area contributed by atoms with Crippen molar-refractivity contribution in [2.24, 2.45) is 5.10 Å². The lowest BCUT2D eigenvalue weighted by Gasteiger charge is -2.00. The summed E-state index contributed by atoms with van der Waals surface area (Å²) in [5, 5.41) is 12.8. The molecule has 0 saturated heterocycles. The summed E-state index contributed by atoms with van der Waals surface area (Å²) < 4.78 is 0. The van der Waals surface area contributed by atoms with Crippen molar-refractivity contribution in [2.45, 2.75) is 51.4 Å². The molecule has 1 aromatic carbocycles. The Hall–Kier alpha value is -1.35. The number of hydrazone groups is 1. The van der Waals surface area contributed by atoms with Gasteiger partial charge in [-0.05, 0) is 31.4 Å². The van der Waals surface area contributed by atoms with E-state index in [0.29, 0.717) is 6.61 Å². The van der Waals surface area contributed by atoms with Gasteiger partial charge in [-0.15, -0.1) is 0 Å². The van der Waals surface area contributed by atoms with E-state index in [-0.39, 0.29) is 0 Å². The highest BCUT2D eigenvalue weighted by atomic mass is 16.2. The molecule has 0 aliphatic heterocycles. The molecule has 0 atom stereocenters. The zero-order valence-corrected chi connectivity index (χ0v) is 11.7. The third-order valence-corrected chi connectivity index (χ3v) is 3.05. The van der Waals surface area contributed by atoms with Crippen LogP contribution in [0, 0.1) is 0 Å². The molecule has 1 rings (SSSR count). The van der Waals surface area contributed by atoms with Crippen LogP contribution in [0.15, 0.2) is 35.4 Å². The normalized spacial score (nSPS) is 11.0. The molecule has 0 radical (unpaired) electrons. The highest BCUT2D eigenvalue weighted by molar-refractivity contribution is 5.59. The van der Waals surface area contributed by atoms with Crippen LogP contribution in [0.25, 0.3) is 0 Å². The van der Waals surface area contributed by atoms with Crippen LogP contribution in [-0.2, 0) is 0 Å². The molecule has 0 bridgehead atoms. The van der Waals surface area contributed by atoms with E-state index in [1.54, 1.807) is 0 Å². The summed E-state index contributed by atoms with van der Waals surface area (Å²) in [6, 6.07) is 9.99. The number of hydrogen-bond donors (Lipinski definition) is 2. The lowest BCUT2D eigenvalue weighted by molar-refractivity contribution is 0.282. The molecule has 0 fully saturated rings. The van der Waals surface area contributed by atoms with Crippen molar-refractivity contribution in [3.05, 3.63) is 30.3 Å². The maximum atomic E-state index is 8.65. The summed E-state index contributed by atoms with van der Waals surface area (Å²) in [6.07, 6.45) is 11.4. The zero-order chi connectivity index (χ0) is 13.6. The fraction of sp³-hybridized carbons (Fsp3) is 0.562. The smallest absolute Gasteiger partial charge is 0.0561 e. The Labute approximate surface area is 116 Å². The molecule has 0 unspecified atom stereocenters. The van der Waals surface area contributed by atoms with Crippen molar-refractivity contribution in [3.8, 4) is 0 Å². The van der Waals surface area contributed by atoms with Crippen molar-refractivity contribution in [1.29, 1.82) is 0 Å². The van der Waals surface area contributed by atoms with E-state index in [9.17, 15) is 0 Å². The molecular weight excluding hydrogens is 236 g/mol. The van der Waals surface area contributed by atoms with Crippen LogP contribution in [0.1, 0.15) is 51.4 Å². The Morgan fingerprint density at radius 2 is 1.53 bits per heavy atom. The van der Waals surface area contributed by atoms with E-state index in [1.165, 1.54) is 38.5 Å². The molecule has 1 aromatic rings. The molecule has 0 aromatic heterocycles. The topological polar surface area (TPSA) is 44.6 Å². The second-order valence-corrected chi connectivity index (χ2v) is 4.78. The van der Waals surface area contributed by atoms with Gasteiger partial charge in [0.1, 0.15) is 0 Å². The second-order valence-electron chi connectivity index (χ2n) is 4.78. The Kier molecular flexibility index (Phi) is 9.69. The summed E-state index contributed by atoms with van der Waals surface area (Å²) in [5.74, 6) is 0. The predicted molar refractivity (Wildman–Crippen MR) is 82.6 cm³/mol. The molecule has 0 spiro atoms. The van der Waals surface area contributed by atoms with Gasteiger partial charge in [0.05, 0.1) is 5.69 Å².